The minimum absolute atomic E-state index is 0.151. The number of aromatic nitrogens is 2. The molecule has 0 aliphatic carbocycles. The second-order valence-corrected chi connectivity index (χ2v) is 6.37. The van der Waals surface area contributed by atoms with Crippen molar-refractivity contribution in [2.75, 3.05) is 11.5 Å². The molecule has 2 aromatic rings. The van der Waals surface area contributed by atoms with Gasteiger partial charge >= 0.3 is 0 Å². The van der Waals surface area contributed by atoms with Crippen molar-refractivity contribution in [2.45, 2.75) is 11.1 Å². The van der Waals surface area contributed by atoms with Crippen molar-refractivity contribution in [3.05, 3.63) is 29.7 Å². The molecule has 0 aliphatic rings. The summed E-state index contributed by atoms with van der Waals surface area (Å²) >= 11 is 2.66. The highest BCUT2D eigenvalue weighted by atomic mass is 32.2. The van der Waals surface area contributed by atoms with E-state index in [0.717, 1.165) is 9.90 Å². The largest absolute Gasteiger partial charge is 0.375 e. The number of nitrogens with two attached hydrogens (primary N) is 1. The first kappa shape index (κ1) is 14.6. The summed E-state index contributed by atoms with van der Waals surface area (Å²) in [6.45, 7) is 1.84. The van der Waals surface area contributed by atoms with Gasteiger partial charge in [0.2, 0.25) is 5.91 Å². The Balaban J connectivity index is 1.89. The molecule has 0 aliphatic heterocycles. The number of carbonyl (C=O) groups is 2. The molecule has 6 nitrogen and oxygen atoms in total. The Morgan fingerprint density at radius 3 is 2.85 bits per heavy atom. The summed E-state index contributed by atoms with van der Waals surface area (Å²) in [5, 5.41) is 2.83. The average molecular weight is 310 g/mol. The highest BCUT2D eigenvalue weighted by molar-refractivity contribution is 8.01. The zero-order valence-corrected chi connectivity index (χ0v) is 12.7. The molecule has 2 heterocycles. The smallest absolute Gasteiger partial charge is 0.274 e. The maximum Gasteiger partial charge on any atom is 0.274 e. The van der Waals surface area contributed by atoms with E-state index in [2.05, 4.69) is 10.3 Å². The van der Waals surface area contributed by atoms with E-state index in [1.54, 1.807) is 29.9 Å². The first-order valence-electron chi connectivity index (χ1n) is 5.78. The van der Waals surface area contributed by atoms with Crippen LogP contribution in [0.4, 0.5) is 5.13 Å². The Labute approximate surface area is 124 Å². The maximum absolute atomic E-state index is 11.8. The van der Waals surface area contributed by atoms with Gasteiger partial charge in [-0.05, 0) is 19.1 Å². The van der Waals surface area contributed by atoms with E-state index in [1.165, 1.54) is 23.1 Å². The normalized spacial score (nSPS) is 10.5. The number of carbonyl (C=O) groups excluding carboxylic acids is 2. The Morgan fingerprint density at radius 1 is 1.55 bits per heavy atom. The first-order chi connectivity index (χ1) is 9.47. The van der Waals surface area contributed by atoms with E-state index in [4.69, 9.17) is 5.73 Å². The predicted molar refractivity (Wildman–Crippen MR) is 79.9 cm³/mol. The van der Waals surface area contributed by atoms with Gasteiger partial charge in [0.05, 0.1) is 15.7 Å². The number of thiazole rings is 1. The van der Waals surface area contributed by atoms with Gasteiger partial charge in [0.15, 0.2) is 5.13 Å². The van der Waals surface area contributed by atoms with Crippen LogP contribution >= 0.6 is 23.1 Å². The first-order valence-corrected chi connectivity index (χ1v) is 7.59. The molecular weight excluding hydrogens is 296 g/mol. The summed E-state index contributed by atoms with van der Waals surface area (Å²) in [4.78, 5) is 27.6. The molecular formula is C12H14N4O2S2. The Kier molecular flexibility index (Phi) is 4.46. The van der Waals surface area contributed by atoms with Crippen LogP contribution in [0.15, 0.2) is 22.5 Å². The number of hydrogen-bond donors (Lipinski definition) is 2. The lowest BCUT2D eigenvalue weighted by Crippen LogP contribution is -2.32. The highest BCUT2D eigenvalue weighted by Gasteiger charge is 2.14. The number of imide groups is 1. The number of nitrogens with one attached hydrogen (secondary N) is 1. The van der Waals surface area contributed by atoms with E-state index in [9.17, 15) is 9.59 Å². The lowest BCUT2D eigenvalue weighted by atomic mass is 10.4. The monoisotopic (exact) mass is 310 g/mol. The van der Waals surface area contributed by atoms with Crippen LogP contribution in [0.2, 0.25) is 0 Å². The summed E-state index contributed by atoms with van der Waals surface area (Å²) in [6.07, 6.45) is 1.75. The lowest BCUT2D eigenvalue weighted by Gasteiger charge is -2.04. The van der Waals surface area contributed by atoms with Crippen molar-refractivity contribution in [2.24, 2.45) is 7.05 Å². The van der Waals surface area contributed by atoms with E-state index in [1.807, 2.05) is 6.92 Å². The Hall–Kier alpha value is -1.80. The van der Waals surface area contributed by atoms with Crippen molar-refractivity contribution in [3.8, 4) is 0 Å². The summed E-state index contributed by atoms with van der Waals surface area (Å²) in [5.74, 6) is -0.588. The molecule has 3 N–H and O–H groups in total. The fourth-order valence-electron chi connectivity index (χ4n) is 1.59. The van der Waals surface area contributed by atoms with Crippen LogP contribution in [0.1, 0.15) is 16.2 Å². The molecule has 20 heavy (non-hydrogen) atoms. The van der Waals surface area contributed by atoms with Gasteiger partial charge in [-0.15, -0.1) is 11.8 Å². The Bertz CT molecular complexity index is 648. The maximum atomic E-state index is 11.8. The number of rotatable bonds is 4. The summed E-state index contributed by atoms with van der Waals surface area (Å²) in [5.41, 5.74) is 6.83. The van der Waals surface area contributed by atoms with Gasteiger partial charge in [-0.3, -0.25) is 14.9 Å². The SMILES string of the molecule is Cc1nc(N)sc1SCC(=O)NC(=O)c1cccn1C. The fourth-order valence-corrected chi connectivity index (χ4v) is 3.41. The molecule has 0 aromatic carbocycles. The third-order valence-corrected chi connectivity index (χ3v) is 4.88. The van der Waals surface area contributed by atoms with E-state index >= 15 is 0 Å². The third-order valence-electron chi connectivity index (χ3n) is 2.53. The standard InChI is InChI=1S/C12H14N4O2S2/c1-7-11(20-12(13)14-7)19-6-9(17)15-10(18)8-4-3-5-16(8)2/h3-5H,6H2,1-2H3,(H2,13,14)(H,15,17,18). The van der Waals surface area contributed by atoms with Crippen LogP contribution in [0.5, 0.6) is 0 Å². The van der Waals surface area contributed by atoms with E-state index in [-0.39, 0.29) is 11.7 Å². The second kappa shape index (κ2) is 6.10. The number of nitrogens with zero attached hydrogens (tertiary/aromatic N) is 2. The van der Waals surface area contributed by atoms with Gasteiger partial charge in [0.25, 0.3) is 5.91 Å². The molecule has 106 valence electrons. The van der Waals surface area contributed by atoms with Crippen LogP contribution in [-0.4, -0.2) is 27.1 Å². The number of aryl methyl sites for hydroxylation is 2. The van der Waals surface area contributed by atoms with Crippen LogP contribution < -0.4 is 11.1 Å². The van der Waals surface area contributed by atoms with Crippen LogP contribution in [0, 0.1) is 6.92 Å². The average Bonchev–Trinajstić information content (AvgIpc) is 2.92. The molecule has 0 fully saturated rings. The third kappa shape index (κ3) is 3.40. The van der Waals surface area contributed by atoms with Gasteiger partial charge in [0, 0.05) is 13.2 Å². The molecule has 0 unspecified atom stereocenters. The topological polar surface area (TPSA) is 90.0 Å². The molecule has 2 aromatic heterocycles. The van der Waals surface area contributed by atoms with Crippen molar-refractivity contribution in [1.82, 2.24) is 14.9 Å². The van der Waals surface area contributed by atoms with Crippen LogP contribution in [0.3, 0.4) is 0 Å². The minimum Gasteiger partial charge on any atom is -0.375 e. The van der Waals surface area contributed by atoms with E-state index in [0.29, 0.717) is 10.8 Å². The molecule has 0 radical (unpaired) electrons. The molecule has 8 heteroatoms. The predicted octanol–water partition coefficient (Wildman–Crippen LogP) is 1.42. The fraction of sp³-hybridized carbons (Fsp3) is 0.250. The zero-order chi connectivity index (χ0) is 14.7. The van der Waals surface area contributed by atoms with Crippen LogP contribution in [0.25, 0.3) is 0 Å². The van der Waals surface area contributed by atoms with Gasteiger partial charge < -0.3 is 10.3 Å². The summed E-state index contributed by atoms with van der Waals surface area (Å²) in [6, 6.07) is 3.40. The van der Waals surface area contributed by atoms with Crippen molar-refractivity contribution < 1.29 is 9.59 Å². The van der Waals surface area contributed by atoms with Crippen molar-refractivity contribution >= 4 is 40.0 Å². The number of amides is 2. The molecule has 0 saturated heterocycles. The number of anilines is 1. The van der Waals surface area contributed by atoms with Crippen LogP contribution in [-0.2, 0) is 11.8 Å². The van der Waals surface area contributed by atoms with Gasteiger partial charge in [-0.1, -0.05) is 11.3 Å². The summed E-state index contributed by atoms with van der Waals surface area (Å²) in [7, 11) is 1.75. The molecule has 2 rings (SSSR count). The van der Waals surface area contributed by atoms with Crippen molar-refractivity contribution in [3.63, 3.8) is 0 Å². The zero-order valence-electron chi connectivity index (χ0n) is 11.0. The quantitative estimate of drug-likeness (QED) is 0.834. The van der Waals surface area contributed by atoms with Gasteiger partial charge in [-0.2, -0.15) is 0 Å². The van der Waals surface area contributed by atoms with Gasteiger partial charge in [-0.25, -0.2) is 4.98 Å². The number of hydrogen-bond acceptors (Lipinski definition) is 6. The Morgan fingerprint density at radius 2 is 2.30 bits per heavy atom. The van der Waals surface area contributed by atoms with Crippen molar-refractivity contribution in [1.29, 1.82) is 0 Å². The highest BCUT2D eigenvalue weighted by Crippen LogP contribution is 2.30. The lowest BCUT2D eigenvalue weighted by molar-refractivity contribution is -0.117. The summed E-state index contributed by atoms with van der Waals surface area (Å²) < 4.78 is 2.55. The molecule has 0 saturated carbocycles. The second-order valence-electron chi connectivity index (χ2n) is 4.10. The minimum atomic E-state index is -0.399. The molecule has 0 atom stereocenters. The molecule has 0 spiro atoms. The molecule has 2 amide bonds. The number of thioether (sulfide) groups is 1. The van der Waals surface area contributed by atoms with E-state index < -0.39 is 5.91 Å². The number of nitrogen functional groups attached to an aromatic ring is 1. The molecule has 0 bridgehead atoms. The van der Waals surface area contributed by atoms with Gasteiger partial charge in [0.1, 0.15) is 5.69 Å².